The minimum absolute atomic E-state index is 0.601. The van der Waals surface area contributed by atoms with E-state index in [4.69, 9.17) is 10.5 Å². The summed E-state index contributed by atoms with van der Waals surface area (Å²) < 4.78 is 6.02. The third-order valence-electron chi connectivity index (χ3n) is 4.16. The van der Waals surface area contributed by atoms with Crippen molar-refractivity contribution in [2.75, 3.05) is 5.73 Å². The van der Waals surface area contributed by atoms with Gasteiger partial charge < -0.3 is 10.5 Å². The molecule has 0 aliphatic rings. The zero-order valence-electron chi connectivity index (χ0n) is 13.8. The van der Waals surface area contributed by atoms with E-state index in [1.807, 2.05) is 42.5 Å². The van der Waals surface area contributed by atoms with Crippen molar-refractivity contribution in [2.24, 2.45) is 0 Å². The Morgan fingerprint density at radius 2 is 1.29 bits per heavy atom. The van der Waals surface area contributed by atoms with Crippen molar-refractivity contribution < 1.29 is 4.74 Å². The van der Waals surface area contributed by atoms with Crippen molar-refractivity contribution >= 4 is 5.69 Å². The monoisotopic (exact) mass is 317 g/mol. The lowest BCUT2D eigenvalue weighted by molar-refractivity contribution is 0.302. The maximum atomic E-state index is 6.02. The molecule has 0 spiro atoms. The van der Waals surface area contributed by atoms with E-state index < -0.39 is 0 Å². The zero-order valence-corrected chi connectivity index (χ0v) is 13.8. The predicted molar refractivity (Wildman–Crippen MR) is 100 cm³/mol. The van der Waals surface area contributed by atoms with E-state index in [1.54, 1.807) is 0 Å². The number of ether oxygens (including phenoxy) is 1. The predicted octanol–water partition coefficient (Wildman–Crippen LogP) is 5.02. The Morgan fingerprint density at radius 3 is 2.08 bits per heavy atom. The van der Waals surface area contributed by atoms with Gasteiger partial charge in [0.2, 0.25) is 0 Å². The summed E-state index contributed by atoms with van der Waals surface area (Å²) in [6, 6.07) is 26.6. The molecule has 2 N–H and O–H groups in total. The molecule has 0 bridgehead atoms. The molecule has 0 saturated carbocycles. The molecule has 0 atom stereocenters. The standard InChI is InChI=1S/C22H23NO/c23-21-15-6-4-11-19(21)13-8-14-20-12-5-7-16-22(20)24-17-18-9-2-1-3-10-18/h1-7,9-12,15-16H,8,13-14,17,23H2. The SMILES string of the molecule is Nc1ccccc1CCCc1ccccc1OCc1ccccc1. The number of nitrogens with two attached hydrogens (primary N) is 1. The highest BCUT2D eigenvalue weighted by Gasteiger charge is 2.05. The van der Waals surface area contributed by atoms with Gasteiger partial charge in [0.05, 0.1) is 0 Å². The normalized spacial score (nSPS) is 10.5. The van der Waals surface area contributed by atoms with E-state index in [0.717, 1.165) is 30.7 Å². The molecule has 0 aliphatic carbocycles. The molecule has 2 nitrogen and oxygen atoms in total. The summed E-state index contributed by atoms with van der Waals surface area (Å²) >= 11 is 0. The maximum Gasteiger partial charge on any atom is 0.122 e. The van der Waals surface area contributed by atoms with Crippen LogP contribution in [0.3, 0.4) is 0 Å². The first-order valence-electron chi connectivity index (χ1n) is 8.41. The fourth-order valence-electron chi connectivity index (χ4n) is 2.82. The van der Waals surface area contributed by atoms with Crippen LogP contribution < -0.4 is 10.5 Å². The molecule has 0 unspecified atom stereocenters. The lowest BCUT2D eigenvalue weighted by atomic mass is 10.0. The van der Waals surface area contributed by atoms with Gasteiger partial charge in [-0.3, -0.25) is 0 Å². The average molecular weight is 317 g/mol. The van der Waals surface area contributed by atoms with Crippen LogP contribution in [-0.2, 0) is 19.4 Å². The Bertz CT molecular complexity index is 768. The molecule has 3 rings (SSSR count). The summed E-state index contributed by atoms with van der Waals surface area (Å²) in [6.45, 7) is 0.601. The van der Waals surface area contributed by atoms with Crippen LogP contribution in [0, 0.1) is 0 Å². The second kappa shape index (κ2) is 8.21. The molecule has 122 valence electrons. The number of aryl methyl sites for hydroxylation is 2. The molecular formula is C22H23NO. The zero-order chi connectivity index (χ0) is 16.6. The molecule has 2 heteroatoms. The average Bonchev–Trinajstić information content (AvgIpc) is 2.63. The van der Waals surface area contributed by atoms with Crippen molar-refractivity contribution in [3.05, 3.63) is 95.6 Å². The number of rotatable bonds is 7. The van der Waals surface area contributed by atoms with Crippen molar-refractivity contribution in [3.63, 3.8) is 0 Å². The highest BCUT2D eigenvalue weighted by Crippen LogP contribution is 2.22. The van der Waals surface area contributed by atoms with Crippen LogP contribution in [0.5, 0.6) is 5.75 Å². The van der Waals surface area contributed by atoms with Crippen LogP contribution in [-0.4, -0.2) is 0 Å². The van der Waals surface area contributed by atoms with Gasteiger partial charge in [0, 0.05) is 5.69 Å². The second-order valence-corrected chi connectivity index (χ2v) is 5.93. The molecule has 0 saturated heterocycles. The van der Waals surface area contributed by atoms with Crippen molar-refractivity contribution in [1.29, 1.82) is 0 Å². The van der Waals surface area contributed by atoms with E-state index in [-0.39, 0.29) is 0 Å². The first kappa shape index (κ1) is 16.1. The maximum absolute atomic E-state index is 6.02. The van der Waals surface area contributed by atoms with Gasteiger partial charge in [-0.05, 0) is 48.1 Å². The van der Waals surface area contributed by atoms with Crippen LogP contribution in [0.4, 0.5) is 5.69 Å². The van der Waals surface area contributed by atoms with Gasteiger partial charge in [-0.15, -0.1) is 0 Å². The second-order valence-electron chi connectivity index (χ2n) is 5.93. The number of benzene rings is 3. The third-order valence-corrected chi connectivity index (χ3v) is 4.16. The van der Waals surface area contributed by atoms with Crippen LogP contribution in [0.2, 0.25) is 0 Å². The Labute approximate surface area is 143 Å². The summed E-state index contributed by atoms with van der Waals surface area (Å²) in [4.78, 5) is 0. The Balaban J connectivity index is 1.59. The number of hydrogen-bond acceptors (Lipinski definition) is 2. The van der Waals surface area contributed by atoms with Gasteiger partial charge in [-0.1, -0.05) is 66.7 Å². The van der Waals surface area contributed by atoms with Crippen LogP contribution in [0.15, 0.2) is 78.9 Å². The van der Waals surface area contributed by atoms with Gasteiger partial charge in [-0.2, -0.15) is 0 Å². The molecule has 3 aromatic carbocycles. The Morgan fingerprint density at radius 1 is 0.667 bits per heavy atom. The quantitative estimate of drug-likeness (QED) is 0.621. The molecule has 3 aromatic rings. The molecular weight excluding hydrogens is 294 g/mol. The van der Waals surface area contributed by atoms with E-state index in [9.17, 15) is 0 Å². The van der Waals surface area contributed by atoms with E-state index in [1.165, 1.54) is 16.7 Å². The molecule has 0 fully saturated rings. The van der Waals surface area contributed by atoms with E-state index >= 15 is 0 Å². The third kappa shape index (κ3) is 4.39. The summed E-state index contributed by atoms with van der Waals surface area (Å²) in [5, 5.41) is 0. The molecule has 0 aromatic heterocycles. The van der Waals surface area contributed by atoms with Gasteiger partial charge in [0.15, 0.2) is 0 Å². The van der Waals surface area contributed by atoms with Crippen LogP contribution >= 0.6 is 0 Å². The molecule has 0 radical (unpaired) electrons. The fraction of sp³-hybridized carbons (Fsp3) is 0.182. The highest BCUT2D eigenvalue weighted by atomic mass is 16.5. The van der Waals surface area contributed by atoms with Crippen LogP contribution in [0.25, 0.3) is 0 Å². The first-order valence-corrected chi connectivity index (χ1v) is 8.41. The number of hydrogen-bond donors (Lipinski definition) is 1. The summed E-state index contributed by atoms with van der Waals surface area (Å²) in [6.07, 6.45) is 3.03. The number of nitrogen functional groups attached to an aromatic ring is 1. The topological polar surface area (TPSA) is 35.2 Å². The lowest BCUT2D eigenvalue weighted by Gasteiger charge is -2.12. The number of para-hydroxylation sites is 2. The van der Waals surface area contributed by atoms with Gasteiger partial charge >= 0.3 is 0 Å². The minimum atomic E-state index is 0.601. The first-order chi connectivity index (χ1) is 11.8. The summed E-state index contributed by atoms with van der Waals surface area (Å²) in [5.41, 5.74) is 10.6. The van der Waals surface area contributed by atoms with E-state index in [2.05, 4.69) is 36.4 Å². The summed E-state index contributed by atoms with van der Waals surface area (Å²) in [5.74, 6) is 0.974. The van der Waals surface area contributed by atoms with Crippen molar-refractivity contribution in [3.8, 4) is 5.75 Å². The fourth-order valence-corrected chi connectivity index (χ4v) is 2.82. The minimum Gasteiger partial charge on any atom is -0.489 e. The van der Waals surface area contributed by atoms with E-state index in [0.29, 0.717) is 6.61 Å². The van der Waals surface area contributed by atoms with Gasteiger partial charge in [0.1, 0.15) is 12.4 Å². The smallest absolute Gasteiger partial charge is 0.122 e. The van der Waals surface area contributed by atoms with Gasteiger partial charge in [-0.25, -0.2) is 0 Å². The highest BCUT2D eigenvalue weighted by molar-refractivity contribution is 5.46. The molecule has 0 heterocycles. The van der Waals surface area contributed by atoms with Crippen molar-refractivity contribution in [2.45, 2.75) is 25.9 Å². The Hall–Kier alpha value is -2.74. The largest absolute Gasteiger partial charge is 0.489 e. The molecule has 0 aliphatic heterocycles. The van der Waals surface area contributed by atoms with Crippen LogP contribution in [0.1, 0.15) is 23.1 Å². The summed E-state index contributed by atoms with van der Waals surface area (Å²) in [7, 11) is 0. The molecule has 24 heavy (non-hydrogen) atoms. The Kier molecular flexibility index (Phi) is 5.52. The lowest BCUT2D eigenvalue weighted by Crippen LogP contribution is -2.00. The van der Waals surface area contributed by atoms with Gasteiger partial charge in [0.25, 0.3) is 0 Å². The molecule has 0 amide bonds. The number of anilines is 1. The van der Waals surface area contributed by atoms with Crippen molar-refractivity contribution in [1.82, 2.24) is 0 Å².